The minimum Gasteiger partial charge on any atom is -0.508 e. The maximum Gasteiger partial charge on any atom is 0.265 e. The average Bonchev–Trinajstić information content (AvgIpc) is 3.11. The number of carbonyl (C=O) groups excluding carboxylic acids is 2. The molecule has 186 valence electrons. The molecule has 0 radical (unpaired) electrons. The summed E-state index contributed by atoms with van der Waals surface area (Å²) in [6.07, 6.45) is 1.53. The Morgan fingerprint density at radius 3 is 2.58 bits per heavy atom. The Morgan fingerprint density at radius 1 is 1.22 bits per heavy atom. The Hall–Kier alpha value is -4.28. The number of nitrogens with zero attached hydrogens (tertiary/aromatic N) is 5. The van der Waals surface area contributed by atoms with Gasteiger partial charge >= 0.3 is 0 Å². The second-order valence-electron chi connectivity index (χ2n) is 9.41. The number of alkyl halides is 1. The topological polar surface area (TPSA) is 122 Å². The van der Waals surface area contributed by atoms with Gasteiger partial charge in [0.15, 0.2) is 0 Å². The molecule has 10 nitrogen and oxygen atoms in total. The molecule has 0 spiro atoms. The molecule has 0 bridgehead atoms. The quantitative estimate of drug-likeness (QED) is 0.438. The van der Waals surface area contributed by atoms with Crippen molar-refractivity contribution in [2.45, 2.75) is 32.6 Å². The van der Waals surface area contributed by atoms with Crippen LogP contribution in [0.4, 0.5) is 4.39 Å². The predicted molar refractivity (Wildman–Crippen MR) is 130 cm³/mol. The van der Waals surface area contributed by atoms with Crippen molar-refractivity contribution in [3.8, 4) is 5.75 Å². The van der Waals surface area contributed by atoms with Gasteiger partial charge in [-0.1, -0.05) is 12.1 Å². The minimum atomic E-state index is -1.45. The predicted octanol–water partition coefficient (Wildman–Crippen LogP) is 1.80. The zero-order chi connectivity index (χ0) is 25.8. The number of hydrogen-bond donors (Lipinski definition) is 2. The molecule has 0 saturated carbocycles. The lowest BCUT2D eigenvalue weighted by Crippen LogP contribution is -2.60. The molecule has 2 amide bonds. The first-order valence-corrected chi connectivity index (χ1v) is 11.4. The number of likely N-dealkylation sites (tertiary alicyclic amines) is 1. The number of hydrogen-bond acceptors (Lipinski definition) is 6. The number of carbonyl (C=O) groups is 2. The summed E-state index contributed by atoms with van der Waals surface area (Å²) in [5, 5.41) is 12.7. The van der Waals surface area contributed by atoms with E-state index < -0.39 is 23.0 Å². The first kappa shape index (κ1) is 23.5. The van der Waals surface area contributed by atoms with E-state index in [4.69, 9.17) is 0 Å². The largest absolute Gasteiger partial charge is 0.508 e. The monoisotopic (exact) mass is 492 g/mol. The highest BCUT2D eigenvalue weighted by Crippen LogP contribution is 2.26. The first-order chi connectivity index (χ1) is 17.0. The number of pyridine rings is 2. The van der Waals surface area contributed by atoms with Crippen molar-refractivity contribution in [1.29, 1.82) is 0 Å². The lowest BCUT2D eigenvalue weighted by Gasteiger charge is -2.42. The van der Waals surface area contributed by atoms with Crippen LogP contribution in [0.2, 0.25) is 0 Å². The van der Waals surface area contributed by atoms with Crippen molar-refractivity contribution in [3.63, 3.8) is 0 Å². The van der Waals surface area contributed by atoms with Crippen LogP contribution in [0.1, 0.15) is 28.7 Å². The van der Waals surface area contributed by atoms with E-state index in [1.165, 1.54) is 40.8 Å². The van der Waals surface area contributed by atoms with E-state index in [2.05, 4.69) is 15.3 Å². The number of phenolic OH excluding ortho intramolecular Hbond substituents is 1. The number of fused-ring (bicyclic) bond motifs is 3. The number of aromatic hydroxyl groups is 1. The minimum absolute atomic E-state index is 0.0517. The fourth-order valence-electron chi connectivity index (χ4n) is 4.50. The van der Waals surface area contributed by atoms with Gasteiger partial charge in [-0.15, -0.1) is 0 Å². The Bertz CT molecular complexity index is 1580. The molecule has 11 heteroatoms. The van der Waals surface area contributed by atoms with Gasteiger partial charge in [0.25, 0.3) is 11.5 Å². The third-order valence-corrected chi connectivity index (χ3v) is 6.49. The highest BCUT2D eigenvalue weighted by atomic mass is 19.1. The van der Waals surface area contributed by atoms with E-state index in [1.807, 2.05) is 18.5 Å². The third kappa shape index (κ3) is 4.06. The summed E-state index contributed by atoms with van der Waals surface area (Å²) in [4.78, 5) is 49.7. The molecule has 1 fully saturated rings. The Labute approximate surface area is 205 Å². The third-order valence-electron chi connectivity index (χ3n) is 6.49. The van der Waals surface area contributed by atoms with Gasteiger partial charge < -0.3 is 19.9 Å². The summed E-state index contributed by atoms with van der Waals surface area (Å²) in [7, 11) is 1.82. The number of aryl methyl sites for hydroxylation is 2. The molecule has 1 aliphatic heterocycles. The molecular formula is C25H25FN6O4. The number of imidazole rings is 1. The molecule has 0 atom stereocenters. The molecule has 4 aromatic rings. The molecule has 4 heterocycles. The van der Waals surface area contributed by atoms with E-state index in [9.17, 15) is 23.9 Å². The highest BCUT2D eigenvalue weighted by molar-refractivity contribution is 6.05. The lowest BCUT2D eigenvalue weighted by atomic mass is 9.99. The molecule has 0 aliphatic carbocycles. The van der Waals surface area contributed by atoms with Crippen LogP contribution in [-0.4, -0.2) is 59.7 Å². The van der Waals surface area contributed by atoms with Crippen molar-refractivity contribution < 1.29 is 19.1 Å². The van der Waals surface area contributed by atoms with Gasteiger partial charge in [-0.25, -0.2) is 14.4 Å². The number of benzene rings is 1. The molecule has 3 aromatic heterocycles. The highest BCUT2D eigenvalue weighted by Gasteiger charge is 2.41. The molecule has 36 heavy (non-hydrogen) atoms. The molecule has 1 aliphatic rings. The standard InChI is InChI=1S/C25H25FN6O4/c1-14-29-19-10-27-22-17(21(19)30(14)3)8-18(23(35)28-9-15-4-6-16(33)7-5-15)24(36)32(22)11-20(34)31-12-25(2,26)13-31/h4-8,10,33H,9,11-13H2,1-3H3,(H,28,35). The zero-order valence-electron chi connectivity index (χ0n) is 20.1. The van der Waals surface area contributed by atoms with Crippen molar-refractivity contribution in [2.24, 2.45) is 7.05 Å². The number of phenols is 1. The summed E-state index contributed by atoms with van der Waals surface area (Å²) < 4.78 is 17.0. The Balaban J connectivity index is 1.58. The van der Waals surface area contributed by atoms with Crippen molar-refractivity contribution in [2.75, 3.05) is 13.1 Å². The smallest absolute Gasteiger partial charge is 0.265 e. The van der Waals surface area contributed by atoms with Gasteiger partial charge in [0, 0.05) is 19.0 Å². The maximum absolute atomic E-state index is 14.0. The van der Waals surface area contributed by atoms with E-state index in [1.54, 1.807) is 12.1 Å². The van der Waals surface area contributed by atoms with Gasteiger partial charge in [-0.3, -0.25) is 19.0 Å². The van der Waals surface area contributed by atoms with Gasteiger partial charge in [0.05, 0.1) is 24.8 Å². The van der Waals surface area contributed by atoms with Gasteiger partial charge in [0.1, 0.15) is 40.5 Å². The summed E-state index contributed by atoms with van der Waals surface area (Å²) in [6, 6.07) is 7.79. The van der Waals surface area contributed by atoms with Crippen molar-refractivity contribution in [1.82, 2.24) is 29.3 Å². The van der Waals surface area contributed by atoms with E-state index in [-0.39, 0.29) is 43.1 Å². The van der Waals surface area contributed by atoms with E-state index >= 15 is 0 Å². The fraction of sp³-hybridized carbons (Fsp3) is 0.320. The van der Waals surface area contributed by atoms with E-state index in [0.717, 1.165) is 5.56 Å². The van der Waals surface area contributed by atoms with Crippen LogP contribution in [0.25, 0.3) is 22.1 Å². The molecule has 5 rings (SSSR count). The normalized spacial score (nSPS) is 14.7. The van der Waals surface area contributed by atoms with Gasteiger partial charge in [-0.2, -0.15) is 0 Å². The van der Waals surface area contributed by atoms with Crippen LogP contribution < -0.4 is 10.9 Å². The fourth-order valence-corrected chi connectivity index (χ4v) is 4.50. The maximum atomic E-state index is 14.0. The van der Waals surface area contributed by atoms with Crippen LogP contribution in [-0.2, 0) is 24.9 Å². The van der Waals surface area contributed by atoms with Crippen LogP contribution >= 0.6 is 0 Å². The zero-order valence-corrected chi connectivity index (χ0v) is 20.1. The number of amides is 2. The van der Waals surface area contributed by atoms with Crippen LogP contribution in [0.5, 0.6) is 5.75 Å². The molecule has 1 saturated heterocycles. The van der Waals surface area contributed by atoms with Crippen LogP contribution in [0.3, 0.4) is 0 Å². The number of aromatic nitrogens is 4. The Kier molecular flexibility index (Phi) is 5.50. The van der Waals surface area contributed by atoms with Crippen molar-refractivity contribution >= 4 is 33.9 Å². The number of nitrogens with one attached hydrogen (secondary N) is 1. The van der Waals surface area contributed by atoms with Crippen LogP contribution in [0.15, 0.2) is 41.3 Å². The summed E-state index contributed by atoms with van der Waals surface area (Å²) in [5.41, 5.74) is -0.0419. The molecule has 1 aromatic carbocycles. The SMILES string of the molecule is Cc1nc2cnc3c(cc(C(=O)NCc4ccc(O)cc4)c(=O)n3CC(=O)N3CC(C)(F)C3)c2n1C. The van der Waals surface area contributed by atoms with Gasteiger partial charge in [0.2, 0.25) is 5.91 Å². The number of rotatable bonds is 5. The lowest BCUT2D eigenvalue weighted by molar-refractivity contribution is -0.144. The second-order valence-corrected chi connectivity index (χ2v) is 9.41. The van der Waals surface area contributed by atoms with Crippen LogP contribution in [0, 0.1) is 6.92 Å². The molecule has 2 N–H and O–H groups in total. The van der Waals surface area contributed by atoms with Gasteiger partial charge in [-0.05, 0) is 37.6 Å². The summed E-state index contributed by atoms with van der Waals surface area (Å²) in [6.45, 7) is 2.90. The van der Waals surface area contributed by atoms with Crippen molar-refractivity contribution in [3.05, 3.63) is 63.8 Å². The number of halogens is 1. The Morgan fingerprint density at radius 2 is 1.92 bits per heavy atom. The van der Waals surface area contributed by atoms with E-state index in [0.29, 0.717) is 22.2 Å². The molecule has 0 unspecified atom stereocenters. The summed E-state index contributed by atoms with van der Waals surface area (Å²) >= 11 is 0. The molecular weight excluding hydrogens is 467 g/mol. The second kappa shape index (κ2) is 8.43. The average molecular weight is 493 g/mol. The summed E-state index contributed by atoms with van der Waals surface area (Å²) in [5.74, 6) is -0.231. The first-order valence-electron chi connectivity index (χ1n) is 11.4.